The predicted octanol–water partition coefficient (Wildman–Crippen LogP) is 2.73. The van der Waals surface area contributed by atoms with Crippen molar-refractivity contribution < 1.29 is 43.9 Å². The minimum atomic E-state index is -1.44. The van der Waals surface area contributed by atoms with Crippen LogP contribution in [0.4, 0.5) is 0 Å². The van der Waals surface area contributed by atoms with E-state index in [0.29, 0.717) is 5.57 Å². The molecule has 0 aliphatic carbocycles. The zero-order valence-corrected chi connectivity index (χ0v) is 25.8. The number of aliphatic hydroxyl groups excluding tert-OH is 1. The summed E-state index contributed by atoms with van der Waals surface area (Å²) < 4.78 is 22.5. The standard InChI is InChI=1S/C31H51NO9/c1-9-23(38-8)20(4)27-28(41-27)29(32)31(7,37)15-10-11-18(2)26-19(3)12-13-24(39-21(5)33)30(6,36)16-14-22(34)17-25(35)40-26/h10-13,15,19-20,22-24,26-29,34,36-37H,9,14,16-17,32H2,1-8H3/b13-12+,15-10+,18-11+/t19-,20+,22+,23-,24-,26?,27+,28-,29?,30+,31?/m0/s1. The molecule has 11 atom stereocenters. The van der Waals surface area contributed by atoms with Gasteiger partial charge in [0.25, 0.3) is 0 Å². The Hall–Kier alpha value is -2.08. The number of hydrogen-bond donors (Lipinski definition) is 4. The van der Waals surface area contributed by atoms with Crippen molar-refractivity contribution in [1.82, 2.24) is 0 Å². The molecule has 3 unspecified atom stereocenters. The molecular weight excluding hydrogens is 530 g/mol. The Morgan fingerprint density at radius 3 is 2.56 bits per heavy atom. The van der Waals surface area contributed by atoms with Crippen molar-refractivity contribution in [2.75, 3.05) is 7.11 Å². The number of aliphatic hydroxyl groups is 3. The van der Waals surface area contributed by atoms with Gasteiger partial charge in [0.05, 0.1) is 36.4 Å². The van der Waals surface area contributed by atoms with Crippen LogP contribution >= 0.6 is 0 Å². The second-order valence-electron chi connectivity index (χ2n) is 12.1. The van der Waals surface area contributed by atoms with Crippen LogP contribution in [0.5, 0.6) is 0 Å². The lowest BCUT2D eigenvalue weighted by molar-refractivity contribution is -0.157. The summed E-state index contributed by atoms with van der Waals surface area (Å²) in [5.41, 5.74) is 4.27. The molecule has 2 aliphatic heterocycles. The highest BCUT2D eigenvalue weighted by Crippen LogP contribution is 2.37. The number of allylic oxidation sites excluding steroid dienone is 2. The number of esters is 2. The Morgan fingerprint density at radius 1 is 1.32 bits per heavy atom. The van der Waals surface area contributed by atoms with Crippen LogP contribution in [0.2, 0.25) is 0 Å². The smallest absolute Gasteiger partial charge is 0.309 e. The number of carbonyl (C=O) groups is 2. The van der Waals surface area contributed by atoms with Crippen LogP contribution in [-0.4, -0.2) is 88.2 Å². The fourth-order valence-electron chi connectivity index (χ4n) is 5.38. The summed E-state index contributed by atoms with van der Waals surface area (Å²) in [4.78, 5) is 24.4. The minimum Gasteiger partial charge on any atom is -0.457 e. The van der Waals surface area contributed by atoms with Crippen LogP contribution in [0, 0.1) is 11.8 Å². The second kappa shape index (κ2) is 14.9. The van der Waals surface area contributed by atoms with E-state index >= 15 is 0 Å². The van der Waals surface area contributed by atoms with Crippen LogP contribution in [0.15, 0.2) is 36.0 Å². The number of hydrogen-bond acceptors (Lipinski definition) is 10. The van der Waals surface area contributed by atoms with Crippen LogP contribution < -0.4 is 5.73 Å². The van der Waals surface area contributed by atoms with E-state index in [1.807, 2.05) is 6.92 Å². The van der Waals surface area contributed by atoms with E-state index < -0.39 is 47.5 Å². The summed E-state index contributed by atoms with van der Waals surface area (Å²) in [6.45, 7) is 12.2. The number of ether oxygens (including phenoxy) is 4. The lowest BCUT2D eigenvalue weighted by atomic mass is 9.87. The van der Waals surface area contributed by atoms with Gasteiger partial charge in [-0.15, -0.1) is 0 Å². The maximum atomic E-state index is 12.7. The first-order valence-corrected chi connectivity index (χ1v) is 14.5. The topological polar surface area (TPSA) is 161 Å². The molecule has 10 nitrogen and oxygen atoms in total. The van der Waals surface area contributed by atoms with Gasteiger partial charge in [-0.1, -0.05) is 45.1 Å². The number of carbonyl (C=O) groups excluding carboxylic acids is 2. The molecule has 1 fully saturated rings. The van der Waals surface area contributed by atoms with Crippen molar-refractivity contribution >= 4 is 11.9 Å². The predicted molar refractivity (Wildman–Crippen MR) is 155 cm³/mol. The summed E-state index contributed by atoms with van der Waals surface area (Å²) in [7, 11) is 1.68. The molecule has 0 bridgehead atoms. The maximum Gasteiger partial charge on any atom is 0.309 e. The number of methoxy groups -OCH3 is 1. The maximum absolute atomic E-state index is 12.7. The van der Waals surface area contributed by atoms with Gasteiger partial charge in [-0.05, 0) is 51.7 Å². The van der Waals surface area contributed by atoms with E-state index in [1.54, 1.807) is 51.3 Å². The highest BCUT2D eigenvalue weighted by molar-refractivity contribution is 5.70. The van der Waals surface area contributed by atoms with Crippen molar-refractivity contribution in [2.24, 2.45) is 17.6 Å². The van der Waals surface area contributed by atoms with Gasteiger partial charge in [-0.3, -0.25) is 9.59 Å². The minimum absolute atomic E-state index is 0.0458. The van der Waals surface area contributed by atoms with E-state index in [0.717, 1.165) is 6.42 Å². The molecule has 0 saturated carbocycles. The van der Waals surface area contributed by atoms with E-state index in [4.69, 9.17) is 24.7 Å². The Labute approximate surface area is 244 Å². The number of cyclic esters (lactones) is 1. The number of epoxide rings is 1. The second-order valence-corrected chi connectivity index (χ2v) is 12.1. The van der Waals surface area contributed by atoms with Crippen molar-refractivity contribution in [3.63, 3.8) is 0 Å². The number of rotatable bonds is 10. The third-order valence-electron chi connectivity index (χ3n) is 8.26. The lowest BCUT2D eigenvalue weighted by Gasteiger charge is -2.32. The van der Waals surface area contributed by atoms with Gasteiger partial charge >= 0.3 is 11.9 Å². The monoisotopic (exact) mass is 581 g/mol. The molecular formula is C31H51NO9. The highest BCUT2D eigenvalue weighted by Gasteiger charge is 2.52. The van der Waals surface area contributed by atoms with Gasteiger partial charge < -0.3 is 40.0 Å². The molecule has 2 heterocycles. The first kappa shape index (κ1) is 35.1. The summed E-state index contributed by atoms with van der Waals surface area (Å²) in [5.74, 6) is -1.35. The molecule has 0 aromatic carbocycles. The normalized spacial score (nSPS) is 36.2. The highest BCUT2D eigenvalue weighted by atomic mass is 16.6. The third-order valence-corrected chi connectivity index (χ3v) is 8.26. The lowest BCUT2D eigenvalue weighted by Crippen LogP contribution is -2.49. The van der Waals surface area contributed by atoms with Gasteiger partial charge in [0, 0.05) is 25.9 Å². The largest absolute Gasteiger partial charge is 0.457 e. The van der Waals surface area contributed by atoms with Crippen LogP contribution in [0.25, 0.3) is 0 Å². The van der Waals surface area contributed by atoms with Crippen molar-refractivity contribution in [2.45, 2.75) is 128 Å². The summed E-state index contributed by atoms with van der Waals surface area (Å²) in [5, 5.41) is 32.5. The first-order chi connectivity index (χ1) is 19.0. The molecule has 41 heavy (non-hydrogen) atoms. The van der Waals surface area contributed by atoms with Gasteiger partial charge in [-0.25, -0.2) is 0 Å². The van der Waals surface area contributed by atoms with Crippen LogP contribution in [-0.2, 0) is 28.5 Å². The Kier molecular flexibility index (Phi) is 12.8. The van der Waals surface area contributed by atoms with E-state index in [-0.39, 0.29) is 49.4 Å². The molecule has 1 saturated heterocycles. The average Bonchev–Trinajstić information content (AvgIpc) is 3.68. The Balaban J connectivity index is 2.22. The van der Waals surface area contributed by atoms with Crippen molar-refractivity contribution in [3.05, 3.63) is 36.0 Å². The number of nitrogens with two attached hydrogens (primary N) is 1. The van der Waals surface area contributed by atoms with Gasteiger partial charge in [-0.2, -0.15) is 0 Å². The zero-order chi connectivity index (χ0) is 31.1. The molecule has 0 aromatic rings. The summed E-state index contributed by atoms with van der Waals surface area (Å²) >= 11 is 0. The van der Waals surface area contributed by atoms with Crippen LogP contribution in [0.3, 0.4) is 0 Å². The quantitative estimate of drug-likeness (QED) is 0.131. The van der Waals surface area contributed by atoms with Crippen molar-refractivity contribution in [3.8, 4) is 0 Å². The van der Waals surface area contributed by atoms with Crippen molar-refractivity contribution in [1.29, 1.82) is 0 Å². The molecule has 0 amide bonds. The summed E-state index contributed by atoms with van der Waals surface area (Å²) in [6.07, 6.45) is 6.13. The Bertz CT molecular complexity index is 969. The molecule has 5 N–H and O–H groups in total. The molecule has 2 aliphatic rings. The van der Waals surface area contributed by atoms with Gasteiger partial charge in [0.2, 0.25) is 0 Å². The fraction of sp³-hybridized carbons (Fsp3) is 0.742. The van der Waals surface area contributed by atoms with E-state index in [1.165, 1.54) is 13.8 Å². The molecule has 234 valence electrons. The Morgan fingerprint density at radius 2 is 1.98 bits per heavy atom. The summed E-state index contributed by atoms with van der Waals surface area (Å²) in [6, 6.07) is -0.664. The third kappa shape index (κ3) is 10.0. The van der Waals surface area contributed by atoms with E-state index in [9.17, 15) is 24.9 Å². The molecule has 0 spiro atoms. The molecule has 0 radical (unpaired) electrons. The van der Waals surface area contributed by atoms with Gasteiger partial charge in [0.1, 0.15) is 23.9 Å². The molecule has 10 heteroatoms. The molecule has 2 rings (SSSR count). The zero-order valence-electron chi connectivity index (χ0n) is 25.8. The fourth-order valence-corrected chi connectivity index (χ4v) is 5.38. The van der Waals surface area contributed by atoms with Gasteiger partial charge in [0.15, 0.2) is 0 Å². The first-order valence-electron chi connectivity index (χ1n) is 14.5. The van der Waals surface area contributed by atoms with Crippen LogP contribution in [0.1, 0.15) is 74.1 Å². The SMILES string of the molecule is CC[C@H](OC)[C@@H](C)[C@H]1O[C@@H]1C(N)C(C)(O)/C=C/C=C(\C)C1OC(=O)C[C@H](O)CC[C@@](C)(O)[C@@H](OC(C)=O)/C=C/[C@@H]1C. The average molecular weight is 582 g/mol. The molecule has 0 aromatic heterocycles. The van der Waals surface area contributed by atoms with E-state index in [2.05, 4.69) is 13.8 Å².